The number of halogens is 2. The SMILES string of the molecule is CCNC(Cc1c(F)cccc1Cl)C(OCC)C(C)(C)C. The molecule has 0 heterocycles. The topological polar surface area (TPSA) is 21.3 Å². The predicted molar refractivity (Wildman–Crippen MR) is 87.4 cm³/mol. The van der Waals surface area contributed by atoms with Gasteiger partial charge in [0.1, 0.15) is 5.82 Å². The van der Waals surface area contributed by atoms with Crippen LogP contribution in [0.2, 0.25) is 5.02 Å². The Bertz CT molecular complexity index is 425. The first-order valence-corrected chi connectivity index (χ1v) is 7.96. The molecular weight excluding hydrogens is 289 g/mol. The molecule has 0 radical (unpaired) electrons. The van der Waals surface area contributed by atoms with Gasteiger partial charge in [0.05, 0.1) is 6.10 Å². The van der Waals surface area contributed by atoms with Crippen molar-refractivity contribution in [2.45, 2.75) is 53.2 Å². The summed E-state index contributed by atoms with van der Waals surface area (Å²) in [4.78, 5) is 0. The fraction of sp³-hybridized carbons (Fsp3) is 0.647. The van der Waals surface area contributed by atoms with E-state index in [-0.39, 0.29) is 23.4 Å². The van der Waals surface area contributed by atoms with Gasteiger partial charge in [0, 0.05) is 23.2 Å². The normalized spacial score (nSPS) is 15.0. The molecule has 2 unspecified atom stereocenters. The number of ether oxygens (including phenoxy) is 1. The van der Waals surface area contributed by atoms with Gasteiger partial charge in [-0.3, -0.25) is 0 Å². The molecule has 21 heavy (non-hydrogen) atoms. The van der Waals surface area contributed by atoms with E-state index in [9.17, 15) is 4.39 Å². The van der Waals surface area contributed by atoms with Crippen molar-refractivity contribution in [3.05, 3.63) is 34.6 Å². The number of rotatable bonds is 7. The Kier molecular flexibility index (Phi) is 7.11. The highest BCUT2D eigenvalue weighted by molar-refractivity contribution is 6.31. The third kappa shape index (κ3) is 5.24. The number of nitrogens with one attached hydrogen (secondary N) is 1. The van der Waals surface area contributed by atoms with Gasteiger partial charge in [-0.1, -0.05) is 45.4 Å². The fourth-order valence-electron chi connectivity index (χ4n) is 2.64. The van der Waals surface area contributed by atoms with Crippen LogP contribution in [0.25, 0.3) is 0 Å². The van der Waals surface area contributed by atoms with Gasteiger partial charge in [-0.15, -0.1) is 0 Å². The molecule has 0 aliphatic rings. The lowest BCUT2D eigenvalue weighted by Gasteiger charge is -2.37. The van der Waals surface area contributed by atoms with Gasteiger partial charge in [-0.05, 0) is 37.4 Å². The predicted octanol–water partition coefficient (Wildman–Crippen LogP) is 4.45. The van der Waals surface area contributed by atoms with E-state index in [1.54, 1.807) is 12.1 Å². The molecule has 0 saturated heterocycles. The van der Waals surface area contributed by atoms with Crippen molar-refractivity contribution in [1.82, 2.24) is 5.32 Å². The van der Waals surface area contributed by atoms with E-state index in [0.29, 0.717) is 23.6 Å². The van der Waals surface area contributed by atoms with Gasteiger partial charge < -0.3 is 10.1 Å². The molecule has 4 heteroatoms. The summed E-state index contributed by atoms with van der Waals surface area (Å²) in [5.74, 6) is -0.255. The second-order valence-corrected chi connectivity index (χ2v) is 6.72. The van der Waals surface area contributed by atoms with Gasteiger partial charge in [0.25, 0.3) is 0 Å². The zero-order chi connectivity index (χ0) is 16.0. The van der Waals surface area contributed by atoms with E-state index in [1.807, 2.05) is 13.8 Å². The molecule has 1 aromatic carbocycles. The van der Waals surface area contributed by atoms with Crippen LogP contribution >= 0.6 is 11.6 Å². The molecule has 1 rings (SSSR count). The number of likely N-dealkylation sites (N-methyl/N-ethyl adjacent to an activating group) is 1. The average molecular weight is 316 g/mol. The van der Waals surface area contributed by atoms with Crippen molar-refractivity contribution in [3.63, 3.8) is 0 Å². The van der Waals surface area contributed by atoms with E-state index < -0.39 is 0 Å². The van der Waals surface area contributed by atoms with E-state index >= 15 is 0 Å². The highest BCUT2D eigenvalue weighted by Crippen LogP contribution is 2.29. The minimum absolute atomic E-state index is 0.0156. The Morgan fingerprint density at radius 3 is 2.43 bits per heavy atom. The molecule has 1 aromatic rings. The standard InChI is InChI=1S/C17H27ClFNO/c1-6-20-15(16(21-7-2)17(3,4)5)11-12-13(18)9-8-10-14(12)19/h8-10,15-16,20H,6-7,11H2,1-5H3. The summed E-state index contributed by atoms with van der Waals surface area (Å²) >= 11 is 6.16. The molecule has 0 fully saturated rings. The van der Waals surface area contributed by atoms with Crippen LogP contribution in [0.3, 0.4) is 0 Å². The van der Waals surface area contributed by atoms with Crippen molar-refractivity contribution in [2.75, 3.05) is 13.2 Å². The summed E-state index contributed by atoms with van der Waals surface area (Å²) in [6.07, 6.45) is 0.500. The van der Waals surface area contributed by atoms with Crippen LogP contribution in [0.15, 0.2) is 18.2 Å². The Labute approximate surface area is 133 Å². The molecular formula is C17H27ClFNO. The molecule has 0 bridgehead atoms. The molecule has 0 aliphatic heterocycles. The molecule has 0 saturated carbocycles. The second kappa shape index (κ2) is 8.11. The summed E-state index contributed by atoms with van der Waals surface area (Å²) in [5.41, 5.74) is 0.514. The van der Waals surface area contributed by atoms with Crippen LogP contribution in [0.5, 0.6) is 0 Å². The lowest BCUT2D eigenvalue weighted by Crippen LogP contribution is -2.49. The number of hydrogen-bond acceptors (Lipinski definition) is 2. The lowest BCUT2D eigenvalue weighted by atomic mass is 9.82. The van der Waals surface area contributed by atoms with Crippen LogP contribution < -0.4 is 5.32 Å². The fourth-order valence-corrected chi connectivity index (χ4v) is 2.89. The second-order valence-electron chi connectivity index (χ2n) is 6.31. The Hall–Kier alpha value is -0.640. The van der Waals surface area contributed by atoms with E-state index in [2.05, 4.69) is 26.1 Å². The van der Waals surface area contributed by atoms with E-state index in [0.717, 1.165) is 6.54 Å². The molecule has 2 atom stereocenters. The summed E-state index contributed by atoms with van der Waals surface area (Å²) in [6.45, 7) is 11.9. The summed E-state index contributed by atoms with van der Waals surface area (Å²) in [5, 5.41) is 3.90. The summed E-state index contributed by atoms with van der Waals surface area (Å²) < 4.78 is 20.0. The smallest absolute Gasteiger partial charge is 0.127 e. The van der Waals surface area contributed by atoms with E-state index in [1.165, 1.54) is 6.07 Å². The molecule has 120 valence electrons. The third-order valence-electron chi connectivity index (χ3n) is 3.52. The van der Waals surface area contributed by atoms with Crippen LogP contribution in [0, 0.1) is 11.2 Å². The van der Waals surface area contributed by atoms with Crippen LogP contribution in [0.4, 0.5) is 4.39 Å². The molecule has 1 N–H and O–H groups in total. The lowest BCUT2D eigenvalue weighted by molar-refractivity contribution is -0.0353. The van der Waals surface area contributed by atoms with Crippen LogP contribution in [-0.4, -0.2) is 25.3 Å². The number of hydrogen-bond donors (Lipinski definition) is 1. The molecule has 0 amide bonds. The maximum absolute atomic E-state index is 14.0. The van der Waals surface area contributed by atoms with Gasteiger partial charge in [0.2, 0.25) is 0 Å². The molecule has 0 aliphatic carbocycles. The van der Waals surface area contributed by atoms with Crippen molar-refractivity contribution >= 4 is 11.6 Å². The zero-order valence-electron chi connectivity index (χ0n) is 13.7. The summed E-state index contributed by atoms with van der Waals surface area (Å²) in [7, 11) is 0. The maximum atomic E-state index is 14.0. The maximum Gasteiger partial charge on any atom is 0.127 e. The first-order valence-electron chi connectivity index (χ1n) is 7.59. The summed E-state index contributed by atoms with van der Waals surface area (Å²) in [6, 6.07) is 4.84. The van der Waals surface area contributed by atoms with Crippen LogP contribution in [0.1, 0.15) is 40.2 Å². The van der Waals surface area contributed by atoms with Gasteiger partial charge >= 0.3 is 0 Å². The minimum Gasteiger partial charge on any atom is -0.376 e. The average Bonchev–Trinajstić information content (AvgIpc) is 2.38. The van der Waals surface area contributed by atoms with Gasteiger partial charge in [-0.2, -0.15) is 0 Å². The van der Waals surface area contributed by atoms with Crippen molar-refractivity contribution < 1.29 is 9.13 Å². The Morgan fingerprint density at radius 1 is 1.29 bits per heavy atom. The highest BCUT2D eigenvalue weighted by atomic mass is 35.5. The van der Waals surface area contributed by atoms with Gasteiger partial charge in [-0.25, -0.2) is 4.39 Å². The monoisotopic (exact) mass is 315 g/mol. The first-order chi connectivity index (χ1) is 9.81. The van der Waals surface area contributed by atoms with Gasteiger partial charge in [0.15, 0.2) is 0 Å². The molecule has 0 spiro atoms. The number of benzene rings is 1. The third-order valence-corrected chi connectivity index (χ3v) is 3.87. The first kappa shape index (κ1) is 18.4. The van der Waals surface area contributed by atoms with Crippen LogP contribution in [-0.2, 0) is 11.2 Å². The van der Waals surface area contributed by atoms with E-state index in [4.69, 9.17) is 16.3 Å². The highest BCUT2D eigenvalue weighted by Gasteiger charge is 2.33. The molecule has 2 nitrogen and oxygen atoms in total. The van der Waals surface area contributed by atoms with Crippen molar-refractivity contribution in [2.24, 2.45) is 5.41 Å². The zero-order valence-corrected chi connectivity index (χ0v) is 14.4. The van der Waals surface area contributed by atoms with Crippen molar-refractivity contribution in [3.8, 4) is 0 Å². The molecule has 0 aromatic heterocycles. The minimum atomic E-state index is -0.255. The Balaban J connectivity index is 3.05. The largest absolute Gasteiger partial charge is 0.376 e. The quantitative estimate of drug-likeness (QED) is 0.802. The van der Waals surface area contributed by atoms with Crippen molar-refractivity contribution in [1.29, 1.82) is 0 Å². The Morgan fingerprint density at radius 2 is 1.95 bits per heavy atom.